The van der Waals surface area contributed by atoms with Crippen LogP contribution in [-0.4, -0.2) is 20.9 Å². The highest BCUT2D eigenvalue weighted by molar-refractivity contribution is 9.10. The van der Waals surface area contributed by atoms with Gasteiger partial charge in [0.15, 0.2) is 0 Å². The van der Waals surface area contributed by atoms with E-state index in [4.69, 9.17) is 0 Å². The number of carbonyl (C=O) groups is 1. The number of aryl methyl sites for hydroxylation is 1. The van der Waals surface area contributed by atoms with Crippen molar-refractivity contribution in [2.24, 2.45) is 0 Å². The monoisotopic (exact) mass is 526 g/mol. The van der Waals surface area contributed by atoms with Crippen LogP contribution in [0.2, 0.25) is 0 Å². The average molecular weight is 527 g/mol. The molecule has 3 aromatic rings. The van der Waals surface area contributed by atoms with E-state index in [9.17, 15) is 26.4 Å². The molecular weight excluding hydrogens is 509 g/mol. The van der Waals surface area contributed by atoms with Crippen molar-refractivity contribution in [3.63, 3.8) is 0 Å². The second-order valence-electron chi connectivity index (χ2n) is 6.93. The first-order valence-corrected chi connectivity index (χ1v) is 11.5. The van der Waals surface area contributed by atoms with Gasteiger partial charge in [0.25, 0.3) is 10.0 Å². The summed E-state index contributed by atoms with van der Waals surface area (Å²) in [7, 11) is -4.13. The number of amides is 1. The van der Waals surface area contributed by atoms with E-state index < -0.39 is 34.2 Å². The Morgan fingerprint density at radius 2 is 1.62 bits per heavy atom. The second-order valence-corrected chi connectivity index (χ2v) is 9.71. The highest BCUT2D eigenvalue weighted by atomic mass is 79.9. The minimum absolute atomic E-state index is 0.0158. The van der Waals surface area contributed by atoms with Gasteiger partial charge in [0.05, 0.1) is 16.1 Å². The molecule has 32 heavy (non-hydrogen) atoms. The summed E-state index contributed by atoms with van der Waals surface area (Å²) in [6.07, 6.45) is -4.57. The Balaban J connectivity index is 1.92. The molecule has 0 bridgehead atoms. The summed E-state index contributed by atoms with van der Waals surface area (Å²) in [5.41, 5.74) is 0.0788. The number of alkyl halides is 3. The maximum absolute atomic E-state index is 13.3. The number of anilines is 2. The lowest BCUT2D eigenvalue weighted by Gasteiger charge is -2.24. The lowest BCUT2D eigenvalue weighted by Crippen LogP contribution is -2.38. The molecule has 5 nitrogen and oxygen atoms in total. The minimum atomic E-state index is -4.57. The number of nitrogens with one attached hydrogen (secondary N) is 1. The van der Waals surface area contributed by atoms with Crippen molar-refractivity contribution in [2.75, 3.05) is 16.2 Å². The molecule has 10 heteroatoms. The van der Waals surface area contributed by atoms with Gasteiger partial charge < -0.3 is 5.32 Å². The fourth-order valence-electron chi connectivity index (χ4n) is 2.86. The molecule has 1 N–H and O–H groups in total. The second kappa shape index (κ2) is 9.33. The summed E-state index contributed by atoms with van der Waals surface area (Å²) in [6, 6.07) is 16.5. The van der Waals surface area contributed by atoms with Gasteiger partial charge in [-0.2, -0.15) is 13.2 Å². The molecule has 3 aromatic carbocycles. The van der Waals surface area contributed by atoms with Crippen molar-refractivity contribution in [1.82, 2.24) is 0 Å². The zero-order chi connectivity index (χ0) is 23.5. The predicted octanol–water partition coefficient (Wildman–Crippen LogP) is 5.61. The molecule has 168 valence electrons. The number of hydrogen-bond acceptors (Lipinski definition) is 3. The van der Waals surface area contributed by atoms with Gasteiger partial charge in [0, 0.05) is 10.2 Å². The quantitative estimate of drug-likeness (QED) is 0.453. The van der Waals surface area contributed by atoms with Crippen LogP contribution in [0, 0.1) is 6.92 Å². The molecule has 0 aliphatic heterocycles. The van der Waals surface area contributed by atoms with Crippen LogP contribution in [0.15, 0.2) is 82.2 Å². The van der Waals surface area contributed by atoms with Crippen LogP contribution >= 0.6 is 15.9 Å². The molecular formula is C22H18BrF3N2O3S. The van der Waals surface area contributed by atoms with E-state index in [0.29, 0.717) is 4.47 Å². The van der Waals surface area contributed by atoms with Gasteiger partial charge in [0.1, 0.15) is 6.54 Å². The molecule has 0 heterocycles. The molecule has 1 amide bonds. The zero-order valence-corrected chi connectivity index (χ0v) is 19.1. The largest absolute Gasteiger partial charge is 0.416 e. The van der Waals surface area contributed by atoms with E-state index in [1.807, 2.05) is 6.92 Å². The molecule has 3 rings (SSSR count). The SMILES string of the molecule is Cc1ccc(S(=O)(=O)N(CC(=O)Nc2cccc(C(F)(F)F)c2)c2ccc(Br)cc2)cc1. The fraction of sp³-hybridized carbons (Fsp3) is 0.136. The molecule has 0 aromatic heterocycles. The van der Waals surface area contributed by atoms with Gasteiger partial charge in [-0.1, -0.05) is 39.7 Å². The maximum atomic E-state index is 13.3. The van der Waals surface area contributed by atoms with Gasteiger partial charge in [-0.15, -0.1) is 0 Å². The lowest BCUT2D eigenvalue weighted by molar-refractivity contribution is -0.137. The van der Waals surface area contributed by atoms with E-state index in [0.717, 1.165) is 28.1 Å². The average Bonchev–Trinajstić information content (AvgIpc) is 2.72. The third-order valence-electron chi connectivity index (χ3n) is 4.48. The van der Waals surface area contributed by atoms with Gasteiger partial charge in [-0.25, -0.2) is 8.42 Å². The Labute approximate surface area is 192 Å². The third-order valence-corrected chi connectivity index (χ3v) is 6.80. The molecule has 0 atom stereocenters. The Kier molecular flexibility index (Phi) is 6.94. The van der Waals surface area contributed by atoms with Crippen LogP contribution < -0.4 is 9.62 Å². The van der Waals surface area contributed by atoms with Crippen LogP contribution in [0.1, 0.15) is 11.1 Å². The summed E-state index contributed by atoms with van der Waals surface area (Å²) < 4.78 is 67.0. The maximum Gasteiger partial charge on any atom is 0.416 e. The number of carbonyl (C=O) groups excluding carboxylic acids is 1. The number of sulfonamides is 1. The molecule has 0 fully saturated rings. The number of rotatable bonds is 6. The molecule has 0 unspecified atom stereocenters. The third kappa shape index (κ3) is 5.68. The molecule has 0 spiro atoms. The number of nitrogens with zero attached hydrogens (tertiary/aromatic N) is 1. The molecule has 0 saturated carbocycles. The van der Waals surface area contributed by atoms with Crippen LogP contribution in [0.5, 0.6) is 0 Å². The van der Waals surface area contributed by atoms with Gasteiger partial charge in [0.2, 0.25) is 5.91 Å². The topological polar surface area (TPSA) is 66.5 Å². The molecule has 0 aliphatic carbocycles. The summed E-state index contributed by atoms with van der Waals surface area (Å²) >= 11 is 3.28. The highest BCUT2D eigenvalue weighted by Crippen LogP contribution is 2.31. The van der Waals surface area contributed by atoms with Crippen molar-refractivity contribution in [1.29, 1.82) is 0 Å². The Bertz CT molecular complexity index is 1210. The Morgan fingerprint density at radius 1 is 1.00 bits per heavy atom. The highest BCUT2D eigenvalue weighted by Gasteiger charge is 2.31. The first kappa shape index (κ1) is 23.8. The van der Waals surface area contributed by atoms with E-state index in [1.54, 1.807) is 24.3 Å². The van der Waals surface area contributed by atoms with Gasteiger partial charge in [-0.05, 0) is 61.5 Å². The minimum Gasteiger partial charge on any atom is -0.325 e. The zero-order valence-electron chi connectivity index (χ0n) is 16.7. The van der Waals surface area contributed by atoms with Crippen LogP contribution in [0.3, 0.4) is 0 Å². The van der Waals surface area contributed by atoms with Crippen LogP contribution in [0.4, 0.5) is 24.5 Å². The van der Waals surface area contributed by atoms with E-state index in [-0.39, 0.29) is 16.3 Å². The Morgan fingerprint density at radius 3 is 2.22 bits per heavy atom. The van der Waals surface area contributed by atoms with Crippen molar-refractivity contribution < 1.29 is 26.4 Å². The first-order chi connectivity index (χ1) is 15.0. The van der Waals surface area contributed by atoms with Crippen molar-refractivity contribution >= 4 is 43.2 Å². The van der Waals surface area contributed by atoms with Crippen molar-refractivity contribution in [2.45, 2.75) is 18.0 Å². The number of halogens is 4. The van der Waals surface area contributed by atoms with Gasteiger partial charge in [-0.3, -0.25) is 9.10 Å². The predicted molar refractivity (Wildman–Crippen MR) is 120 cm³/mol. The molecule has 0 saturated heterocycles. The molecule has 0 radical (unpaired) electrons. The summed E-state index contributed by atoms with van der Waals surface area (Å²) in [6.45, 7) is 1.18. The smallest absolute Gasteiger partial charge is 0.325 e. The number of hydrogen-bond donors (Lipinski definition) is 1. The van der Waals surface area contributed by atoms with Crippen molar-refractivity contribution in [3.05, 3.63) is 88.4 Å². The lowest BCUT2D eigenvalue weighted by atomic mass is 10.2. The summed E-state index contributed by atoms with van der Waals surface area (Å²) in [4.78, 5) is 12.6. The van der Waals surface area contributed by atoms with Gasteiger partial charge >= 0.3 is 6.18 Å². The van der Waals surface area contributed by atoms with E-state index in [2.05, 4.69) is 21.2 Å². The molecule has 0 aliphatic rings. The summed E-state index contributed by atoms with van der Waals surface area (Å²) in [5.74, 6) is -0.789. The number of benzene rings is 3. The van der Waals surface area contributed by atoms with E-state index in [1.165, 1.54) is 30.3 Å². The first-order valence-electron chi connectivity index (χ1n) is 9.29. The van der Waals surface area contributed by atoms with E-state index >= 15 is 0 Å². The standard InChI is InChI=1S/C22H18BrF3N2O3S/c1-15-5-11-20(12-6-15)32(30,31)28(19-9-7-17(23)8-10-19)14-21(29)27-18-4-2-3-16(13-18)22(24,25)26/h2-13H,14H2,1H3,(H,27,29). The van der Waals surface area contributed by atoms with Crippen LogP contribution in [0.25, 0.3) is 0 Å². The van der Waals surface area contributed by atoms with Crippen LogP contribution in [-0.2, 0) is 21.0 Å². The normalized spacial score (nSPS) is 11.8. The van der Waals surface area contributed by atoms with Crippen molar-refractivity contribution in [3.8, 4) is 0 Å². The summed E-state index contributed by atoms with van der Waals surface area (Å²) in [5, 5.41) is 2.34. The Hall–Kier alpha value is -2.85. The fourth-order valence-corrected chi connectivity index (χ4v) is 4.55.